The molecule has 0 saturated heterocycles. The first-order valence-electron chi connectivity index (χ1n) is 7.39. The Balaban J connectivity index is 2.34. The average Bonchev–Trinajstić information content (AvgIpc) is 2.80. The van der Waals surface area contributed by atoms with Crippen molar-refractivity contribution >= 4 is 6.09 Å². The predicted octanol–water partition coefficient (Wildman–Crippen LogP) is 3.29. The molecule has 0 saturated carbocycles. The van der Waals surface area contributed by atoms with Crippen molar-refractivity contribution in [2.75, 3.05) is 11.6 Å². The number of rotatable bonds is 3. The van der Waals surface area contributed by atoms with Crippen LogP contribution in [0.3, 0.4) is 0 Å². The first-order chi connectivity index (χ1) is 10.7. The number of ether oxygens (including phenoxy) is 1. The second-order valence-electron chi connectivity index (χ2n) is 6.11. The van der Waals surface area contributed by atoms with E-state index in [9.17, 15) is 9.18 Å². The van der Waals surface area contributed by atoms with E-state index < -0.39 is 17.5 Å². The lowest BCUT2D eigenvalue weighted by Gasteiger charge is -2.27. The lowest BCUT2D eigenvalue weighted by atomic mass is 10.2. The van der Waals surface area contributed by atoms with Gasteiger partial charge in [0.25, 0.3) is 0 Å². The van der Waals surface area contributed by atoms with Gasteiger partial charge in [0.2, 0.25) is 0 Å². The van der Waals surface area contributed by atoms with Crippen LogP contribution in [0, 0.1) is 12.7 Å². The normalized spacial score (nSPS) is 11.4. The average molecular weight is 320 g/mol. The molecule has 0 bridgehead atoms. The van der Waals surface area contributed by atoms with Crippen molar-refractivity contribution in [1.82, 2.24) is 14.6 Å². The van der Waals surface area contributed by atoms with Gasteiger partial charge in [0, 0.05) is 18.3 Å². The highest BCUT2D eigenvalue weighted by atomic mass is 19.1. The van der Waals surface area contributed by atoms with Gasteiger partial charge in [-0.1, -0.05) is 0 Å². The van der Waals surface area contributed by atoms with Gasteiger partial charge in [0.1, 0.15) is 17.2 Å². The zero-order chi connectivity index (χ0) is 17.2. The van der Waals surface area contributed by atoms with Crippen LogP contribution in [-0.2, 0) is 4.74 Å². The lowest BCUT2D eigenvalue weighted by Crippen LogP contribution is -2.43. The quantitative estimate of drug-likeness (QED) is 0.871. The third-order valence-corrected chi connectivity index (χ3v) is 3.02. The van der Waals surface area contributed by atoms with Gasteiger partial charge >= 0.3 is 6.09 Å². The lowest BCUT2D eigenvalue weighted by molar-refractivity contribution is 0.0539. The Hall–Kier alpha value is -2.44. The molecule has 0 unspecified atom stereocenters. The second-order valence-corrected chi connectivity index (χ2v) is 6.11. The highest BCUT2D eigenvalue weighted by molar-refractivity contribution is 5.79. The van der Waals surface area contributed by atoms with Crippen molar-refractivity contribution in [1.29, 1.82) is 0 Å². The molecule has 7 heteroatoms. The number of aryl methyl sites for hydroxylation is 1. The van der Waals surface area contributed by atoms with Crippen molar-refractivity contribution in [2.24, 2.45) is 0 Å². The van der Waals surface area contributed by atoms with Gasteiger partial charge < -0.3 is 4.74 Å². The van der Waals surface area contributed by atoms with E-state index in [0.29, 0.717) is 23.6 Å². The number of carbonyl (C=O) groups is 1. The molecule has 0 spiro atoms. The minimum Gasteiger partial charge on any atom is -0.442 e. The molecule has 1 amide bonds. The molecule has 0 radical (unpaired) electrons. The number of hydrogen-bond acceptors (Lipinski definition) is 4. The zero-order valence-electron chi connectivity index (χ0n) is 14.0. The summed E-state index contributed by atoms with van der Waals surface area (Å²) in [4.78, 5) is 20.5. The molecule has 0 fully saturated rings. The minimum atomic E-state index is -0.589. The molecule has 0 aliphatic rings. The molecular formula is C16H21FN4O2. The summed E-state index contributed by atoms with van der Waals surface area (Å²) in [6.07, 6.45) is 3.86. The van der Waals surface area contributed by atoms with E-state index in [1.165, 1.54) is 17.3 Å². The van der Waals surface area contributed by atoms with Crippen molar-refractivity contribution in [3.8, 4) is 11.3 Å². The Labute approximate surface area is 134 Å². The molecule has 2 aromatic rings. The van der Waals surface area contributed by atoms with Crippen molar-refractivity contribution < 1.29 is 13.9 Å². The number of pyridine rings is 1. The first-order valence-corrected chi connectivity index (χ1v) is 7.39. The molecule has 23 heavy (non-hydrogen) atoms. The summed E-state index contributed by atoms with van der Waals surface area (Å²) in [5, 5.41) is 1.43. The van der Waals surface area contributed by atoms with Gasteiger partial charge in [-0.25, -0.2) is 23.9 Å². The zero-order valence-corrected chi connectivity index (χ0v) is 14.0. The number of carbonyl (C=O) groups excluding carboxylic acids is 1. The Kier molecular flexibility index (Phi) is 4.68. The van der Waals surface area contributed by atoms with Crippen molar-refractivity contribution in [2.45, 2.75) is 40.2 Å². The molecule has 124 valence electrons. The largest absolute Gasteiger partial charge is 0.442 e. The van der Waals surface area contributed by atoms with E-state index in [-0.39, 0.29) is 0 Å². The summed E-state index contributed by atoms with van der Waals surface area (Å²) in [5.74, 6) is 0.158. The van der Waals surface area contributed by atoms with E-state index in [1.807, 2.05) is 27.7 Å². The fourth-order valence-electron chi connectivity index (χ4n) is 2.08. The maximum Gasteiger partial charge on any atom is 0.429 e. The molecular weight excluding hydrogens is 299 g/mol. The van der Waals surface area contributed by atoms with Crippen LogP contribution in [0.2, 0.25) is 0 Å². The Morgan fingerprint density at radius 2 is 2.09 bits per heavy atom. The summed E-state index contributed by atoms with van der Waals surface area (Å²) in [5.41, 5.74) is 0.498. The maximum absolute atomic E-state index is 13.3. The van der Waals surface area contributed by atoms with Crippen LogP contribution in [0.5, 0.6) is 0 Å². The number of imidazole rings is 1. The summed E-state index contributed by atoms with van der Waals surface area (Å²) in [6, 6.07) is 1.35. The number of halogens is 1. The fraction of sp³-hybridized carbons (Fsp3) is 0.438. The summed E-state index contributed by atoms with van der Waals surface area (Å²) in [6.45, 7) is 9.44. The van der Waals surface area contributed by atoms with Crippen molar-refractivity contribution in [3.05, 3.63) is 36.3 Å². The van der Waals surface area contributed by atoms with Crippen LogP contribution >= 0.6 is 0 Å². The summed E-state index contributed by atoms with van der Waals surface area (Å²) < 4.78 is 20.3. The second kappa shape index (κ2) is 6.36. The molecule has 0 aliphatic heterocycles. The van der Waals surface area contributed by atoms with E-state index in [1.54, 1.807) is 17.8 Å². The van der Waals surface area contributed by atoms with Crippen LogP contribution in [0.1, 0.15) is 33.5 Å². The summed E-state index contributed by atoms with van der Waals surface area (Å²) in [7, 11) is 0. The van der Waals surface area contributed by atoms with E-state index in [4.69, 9.17) is 4.74 Å². The Morgan fingerprint density at radius 1 is 1.39 bits per heavy atom. The molecule has 0 atom stereocenters. The van der Waals surface area contributed by atoms with E-state index in [0.717, 1.165) is 6.20 Å². The van der Waals surface area contributed by atoms with Gasteiger partial charge in [0.15, 0.2) is 0 Å². The van der Waals surface area contributed by atoms with Gasteiger partial charge in [-0.2, -0.15) is 0 Å². The van der Waals surface area contributed by atoms with E-state index >= 15 is 0 Å². The summed E-state index contributed by atoms with van der Waals surface area (Å²) >= 11 is 0. The Bertz CT molecular complexity index is 706. The molecule has 0 aliphatic carbocycles. The molecule has 2 heterocycles. The van der Waals surface area contributed by atoms with Crippen LogP contribution in [0.25, 0.3) is 11.3 Å². The number of aromatic nitrogens is 3. The van der Waals surface area contributed by atoms with Gasteiger partial charge in [-0.3, -0.25) is 4.98 Å². The van der Waals surface area contributed by atoms with Crippen LogP contribution in [-0.4, -0.2) is 32.9 Å². The SMILES string of the molecule is CCN(C(=O)OC(C)(C)C)n1cc(-c2cncc(F)c2)nc1C. The third-order valence-electron chi connectivity index (χ3n) is 3.02. The number of nitrogens with zero attached hydrogens (tertiary/aromatic N) is 4. The highest BCUT2D eigenvalue weighted by Crippen LogP contribution is 2.19. The van der Waals surface area contributed by atoms with Gasteiger partial charge in [-0.15, -0.1) is 0 Å². The predicted molar refractivity (Wildman–Crippen MR) is 85.1 cm³/mol. The van der Waals surface area contributed by atoms with Crippen LogP contribution in [0.4, 0.5) is 9.18 Å². The smallest absolute Gasteiger partial charge is 0.429 e. The van der Waals surface area contributed by atoms with Gasteiger partial charge in [-0.05, 0) is 40.7 Å². The standard InChI is InChI=1S/C16H21FN4O2/c1-6-20(15(22)23-16(3,4)5)21-10-14(19-11(21)2)12-7-13(17)9-18-8-12/h7-10H,6H2,1-5H3. The topological polar surface area (TPSA) is 60.2 Å². The molecule has 0 N–H and O–H groups in total. The molecule has 0 aromatic carbocycles. The van der Waals surface area contributed by atoms with Crippen LogP contribution < -0.4 is 5.01 Å². The van der Waals surface area contributed by atoms with Crippen LogP contribution in [0.15, 0.2) is 24.7 Å². The van der Waals surface area contributed by atoms with E-state index in [2.05, 4.69) is 9.97 Å². The monoisotopic (exact) mass is 320 g/mol. The molecule has 2 aromatic heterocycles. The molecule has 2 rings (SSSR count). The third kappa shape index (κ3) is 4.06. The minimum absolute atomic E-state index is 0.410. The Morgan fingerprint density at radius 3 is 2.65 bits per heavy atom. The number of hydrogen-bond donors (Lipinski definition) is 0. The maximum atomic E-state index is 13.3. The first kappa shape index (κ1) is 16.9. The highest BCUT2D eigenvalue weighted by Gasteiger charge is 2.24. The van der Waals surface area contributed by atoms with Gasteiger partial charge in [0.05, 0.1) is 18.1 Å². The number of amides is 1. The van der Waals surface area contributed by atoms with Crippen molar-refractivity contribution in [3.63, 3.8) is 0 Å². The molecule has 6 nitrogen and oxygen atoms in total. The fourth-order valence-corrected chi connectivity index (χ4v) is 2.08.